The first-order valence-electron chi connectivity index (χ1n) is 10.7. The highest BCUT2D eigenvalue weighted by Crippen LogP contribution is 2.47. The molecule has 3 heterocycles. The van der Waals surface area contributed by atoms with E-state index >= 15 is 0 Å². The summed E-state index contributed by atoms with van der Waals surface area (Å²) >= 11 is 0. The molecule has 1 amide bonds. The maximum Gasteiger partial charge on any atom is 0.256 e. The fourth-order valence-electron chi connectivity index (χ4n) is 4.82. The molecule has 32 heavy (non-hydrogen) atoms. The Morgan fingerprint density at radius 2 is 1.91 bits per heavy atom. The Bertz CT molecular complexity index is 1170. The monoisotopic (exact) mass is 431 g/mol. The van der Waals surface area contributed by atoms with Crippen LogP contribution in [0.3, 0.4) is 0 Å². The minimum Gasteiger partial charge on any atom is -0.491 e. The van der Waals surface area contributed by atoms with Crippen LogP contribution in [0.4, 0.5) is 4.39 Å². The van der Waals surface area contributed by atoms with E-state index in [2.05, 4.69) is 23.2 Å². The molecule has 162 valence electrons. The Morgan fingerprint density at radius 3 is 2.59 bits per heavy atom. The van der Waals surface area contributed by atoms with Crippen LogP contribution in [0, 0.1) is 29.0 Å². The molecule has 6 rings (SSSR count). The molecule has 0 radical (unpaired) electrons. The van der Waals surface area contributed by atoms with E-state index in [1.807, 2.05) is 4.90 Å². The number of hydrogen-bond acceptors (Lipinski definition) is 5. The summed E-state index contributed by atoms with van der Waals surface area (Å²) in [5.74, 6) is 0.909. The van der Waals surface area contributed by atoms with Gasteiger partial charge in [0.2, 0.25) is 0 Å². The lowest BCUT2D eigenvalue weighted by Crippen LogP contribution is -2.64. The van der Waals surface area contributed by atoms with E-state index in [9.17, 15) is 14.4 Å². The smallest absolute Gasteiger partial charge is 0.256 e. The molecule has 7 nitrogen and oxygen atoms in total. The first kappa shape index (κ1) is 20.2. The number of nitrogens with zero attached hydrogens (tertiary/aromatic N) is 5. The standard InChI is InChI=1S/C24H22FN5O2/c1-15-17-11-19(12-17)29(23(15)14-32-20-5-3-18(25)4-6-20)24(31)21-10-16(13-26)2-7-22(21)30-27-8-9-28-30/h2-10,15,17,19,23H,11-12,14H2,1H3/t15-,17?,19?,23-/m1/s1. The van der Waals surface area contributed by atoms with Gasteiger partial charge in [-0.3, -0.25) is 4.79 Å². The zero-order valence-corrected chi connectivity index (χ0v) is 17.6. The van der Waals surface area contributed by atoms with Crippen LogP contribution in [0.2, 0.25) is 0 Å². The van der Waals surface area contributed by atoms with Crippen molar-refractivity contribution in [3.8, 4) is 17.5 Å². The number of rotatable bonds is 5. The topological polar surface area (TPSA) is 84.0 Å². The average molecular weight is 431 g/mol. The summed E-state index contributed by atoms with van der Waals surface area (Å²) in [6.45, 7) is 2.47. The van der Waals surface area contributed by atoms with E-state index in [0.717, 1.165) is 12.8 Å². The summed E-state index contributed by atoms with van der Waals surface area (Å²) in [5, 5.41) is 17.7. The maximum absolute atomic E-state index is 13.9. The number of nitriles is 1. The largest absolute Gasteiger partial charge is 0.491 e. The van der Waals surface area contributed by atoms with Gasteiger partial charge in [-0.2, -0.15) is 20.3 Å². The van der Waals surface area contributed by atoms with Gasteiger partial charge >= 0.3 is 0 Å². The molecule has 2 aliphatic heterocycles. The molecule has 0 N–H and O–H groups in total. The number of halogens is 1. The molecule has 1 saturated carbocycles. The molecule has 2 saturated heterocycles. The van der Waals surface area contributed by atoms with Gasteiger partial charge in [0.1, 0.15) is 18.2 Å². The quantitative estimate of drug-likeness (QED) is 0.616. The van der Waals surface area contributed by atoms with Gasteiger partial charge in [0.05, 0.1) is 41.3 Å². The first-order chi connectivity index (χ1) is 15.5. The molecule has 2 aromatic carbocycles. The molecular formula is C24H22FN5O2. The summed E-state index contributed by atoms with van der Waals surface area (Å²) in [7, 11) is 0. The molecule has 8 heteroatoms. The van der Waals surface area contributed by atoms with E-state index in [1.165, 1.54) is 16.9 Å². The predicted octanol–water partition coefficient (Wildman–Crippen LogP) is 3.60. The summed E-state index contributed by atoms with van der Waals surface area (Å²) < 4.78 is 19.2. The highest BCUT2D eigenvalue weighted by molar-refractivity contribution is 5.98. The number of fused-ring (bicyclic) bond motifs is 2. The van der Waals surface area contributed by atoms with E-state index < -0.39 is 0 Å². The molecule has 0 spiro atoms. The Morgan fingerprint density at radius 1 is 1.19 bits per heavy atom. The molecule has 3 aliphatic rings. The van der Waals surface area contributed by atoms with Crippen molar-refractivity contribution in [2.75, 3.05) is 6.61 Å². The number of aromatic nitrogens is 3. The number of carbonyl (C=O) groups is 1. The minimum atomic E-state index is -0.321. The van der Waals surface area contributed by atoms with Gasteiger partial charge in [0.15, 0.2) is 0 Å². The third kappa shape index (κ3) is 3.50. The predicted molar refractivity (Wildman–Crippen MR) is 114 cm³/mol. The van der Waals surface area contributed by atoms with E-state index in [1.54, 1.807) is 42.7 Å². The number of piperidine rings is 2. The van der Waals surface area contributed by atoms with Crippen molar-refractivity contribution in [1.29, 1.82) is 5.26 Å². The Hall–Kier alpha value is -3.73. The third-order valence-electron chi connectivity index (χ3n) is 6.71. The van der Waals surface area contributed by atoms with Crippen LogP contribution in [0.1, 0.15) is 35.7 Å². The lowest BCUT2D eigenvalue weighted by Gasteiger charge is -2.57. The van der Waals surface area contributed by atoms with Gasteiger partial charge in [0.25, 0.3) is 5.91 Å². The molecule has 2 bridgehead atoms. The van der Waals surface area contributed by atoms with Crippen LogP contribution in [0.5, 0.6) is 5.75 Å². The molecule has 1 aliphatic carbocycles. The van der Waals surface area contributed by atoms with Crippen molar-refractivity contribution in [3.05, 3.63) is 71.8 Å². The van der Waals surface area contributed by atoms with Crippen molar-refractivity contribution < 1.29 is 13.9 Å². The summed E-state index contributed by atoms with van der Waals surface area (Å²) in [6.07, 6.45) is 5.02. The van der Waals surface area contributed by atoms with Gasteiger partial charge in [0, 0.05) is 6.04 Å². The van der Waals surface area contributed by atoms with Crippen molar-refractivity contribution >= 4 is 5.91 Å². The molecule has 2 atom stereocenters. The fraction of sp³-hybridized carbons (Fsp3) is 0.333. The zero-order valence-electron chi connectivity index (χ0n) is 17.6. The van der Waals surface area contributed by atoms with Gasteiger partial charge in [-0.25, -0.2) is 4.39 Å². The van der Waals surface area contributed by atoms with Crippen LogP contribution >= 0.6 is 0 Å². The van der Waals surface area contributed by atoms with Crippen molar-refractivity contribution in [2.45, 2.75) is 31.8 Å². The van der Waals surface area contributed by atoms with E-state index in [0.29, 0.717) is 35.1 Å². The second kappa shape index (κ2) is 8.08. The molecular weight excluding hydrogens is 409 g/mol. The molecule has 1 aromatic heterocycles. The highest BCUT2D eigenvalue weighted by Gasteiger charge is 2.51. The second-order valence-electron chi connectivity index (χ2n) is 8.45. The average Bonchev–Trinajstić information content (AvgIpc) is 3.32. The van der Waals surface area contributed by atoms with Gasteiger partial charge in [-0.15, -0.1) is 0 Å². The van der Waals surface area contributed by atoms with Crippen molar-refractivity contribution in [3.63, 3.8) is 0 Å². The number of amides is 1. The number of ether oxygens (including phenoxy) is 1. The maximum atomic E-state index is 13.9. The molecule has 3 aromatic rings. The summed E-state index contributed by atoms with van der Waals surface area (Å²) in [5.41, 5.74) is 1.33. The van der Waals surface area contributed by atoms with Crippen LogP contribution < -0.4 is 4.74 Å². The van der Waals surface area contributed by atoms with Crippen molar-refractivity contribution in [1.82, 2.24) is 19.9 Å². The van der Waals surface area contributed by atoms with Crippen LogP contribution in [0.15, 0.2) is 54.9 Å². The van der Waals surface area contributed by atoms with E-state index in [-0.39, 0.29) is 29.7 Å². The Labute approximate surface area is 185 Å². The Kier molecular flexibility index (Phi) is 5.10. The van der Waals surface area contributed by atoms with Gasteiger partial charge in [-0.1, -0.05) is 6.92 Å². The van der Waals surface area contributed by atoms with Crippen molar-refractivity contribution in [2.24, 2.45) is 11.8 Å². The van der Waals surface area contributed by atoms with Gasteiger partial charge in [-0.05, 0) is 67.1 Å². The van der Waals surface area contributed by atoms with Crippen LogP contribution in [-0.2, 0) is 0 Å². The molecule has 3 fully saturated rings. The third-order valence-corrected chi connectivity index (χ3v) is 6.71. The summed E-state index contributed by atoms with van der Waals surface area (Å²) in [6, 6.07) is 13.0. The van der Waals surface area contributed by atoms with E-state index in [4.69, 9.17) is 4.74 Å². The minimum absolute atomic E-state index is 0.130. The number of hydrogen-bond donors (Lipinski definition) is 0. The van der Waals surface area contributed by atoms with Crippen LogP contribution in [-0.4, -0.2) is 44.5 Å². The molecule has 0 unspecified atom stereocenters. The summed E-state index contributed by atoms with van der Waals surface area (Å²) in [4.78, 5) is 17.2. The Balaban J connectivity index is 1.47. The zero-order chi connectivity index (χ0) is 22.2. The fourth-order valence-corrected chi connectivity index (χ4v) is 4.82. The number of benzene rings is 2. The lowest BCUT2D eigenvalue weighted by molar-refractivity contribution is -0.0670. The highest BCUT2D eigenvalue weighted by atomic mass is 19.1. The number of carbonyl (C=O) groups excluding carboxylic acids is 1. The normalized spacial score (nSPS) is 23.8. The van der Waals surface area contributed by atoms with Crippen LogP contribution in [0.25, 0.3) is 5.69 Å². The first-order valence-corrected chi connectivity index (χ1v) is 10.7. The van der Waals surface area contributed by atoms with Gasteiger partial charge < -0.3 is 9.64 Å². The second-order valence-corrected chi connectivity index (χ2v) is 8.45. The SMILES string of the molecule is C[C@@H]1C2CC(C2)N(C(=O)c2cc(C#N)ccc2-n2nccn2)[C@@H]1COc1ccc(F)cc1. The lowest BCUT2D eigenvalue weighted by atomic mass is 9.64.